The number of morpholine rings is 1. The molecule has 13 heteroatoms. The molecule has 0 aliphatic carbocycles. The molecular formula is C24H39N3O10. The lowest BCUT2D eigenvalue weighted by Crippen LogP contribution is -2.47. The Morgan fingerprint density at radius 3 is 2.32 bits per heavy atom. The van der Waals surface area contributed by atoms with E-state index in [1.54, 1.807) is 17.0 Å². The van der Waals surface area contributed by atoms with E-state index in [1.807, 2.05) is 12.1 Å². The molecule has 1 saturated heterocycles. The van der Waals surface area contributed by atoms with E-state index in [9.17, 15) is 14.7 Å². The first-order valence-corrected chi connectivity index (χ1v) is 12.1. The summed E-state index contributed by atoms with van der Waals surface area (Å²) in [6, 6.07) is 7.07. The minimum absolute atomic E-state index is 0.107. The Morgan fingerprint density at radius 1 is 1.05 bits per heavy atom. The zero-order valence-corrected chi connectivity index (χ0v) is 21.1. The van der Waals surface area contributed by atoms with Crippen LogP contribution in [0, 0.1) is 0 Å². The molecule has 1 fully saturated rings. The zero-order valence-electron chi connectivity index (χ0n) is 21.1. The van der Waals surface area contributed by atoms with Crippen molar-refractivity contribution in [2.24, 2.45) is 0 Å². The Morgan fingerprint density at radius 2 is 1.70 bits per heavy atom. The fourth-order valence-corrected chi connectivity index (χ4v) is 2.97. The molecule has 0 bridgehead atoms. The van der Waals surface area contributed by atoms with E-state index in [2.05, 4.69) is 10.6 Å². The molecule has 1 aromatic rings. The van der Waals surface area contributed by atoms with Crippen LogP contribution in [0.25, 0.3) is 0 Å². The lowest BCUT2D eigenvalue weighted by molar-refractivity contribution is -0.147. The predicted molar refractivity (Wildman–Crippen MR) is 132 cm³/mol. The molecular weight excluding hydrogens is 490 g/mol. The molecule has 0 radical (unpaired) electrons. The topological polar surface area (TPSA) is 187 Å². The van der Waals surface area contributed by atoms with Crippen molar-refractivity contribution < 1.29 is 49.0 Å². The summed E-state index contributed by atoms with van der Waals surface area (Å²) in [5.41, 5.74) is 0.920. The number of benzene rings is 1. The number of rotatable bonds is 14. The summed E-state index contributed by atoms with van der Waals surface area (Å²) in [6.07, 6.45) is -1.13. The third-order valence-electron chi connectivity index (χ3n) is 4.89. The Bertz CT molecular complexity index is 783. The van der Waals surface area contributed by atoms with Crippen LogP contribution in [0.2, 0.25) is 0 Å². The first-order valence-electron chi connectivity index (χ1n) is 12.1. The van der Waals surface area contributed by atoms with Crippen LogP contribution < -0.4 is 15.4 Å². The van der Waals surface area contributed by atoms with E-state index in [1.165, 1.54) is 0 Å². The monoisotopic (exact) mass is 529 g/mol. The number of hydrogen-bond acceptors (Lipinski definition) is 10. The number of esters is 1. The molecule has 1 aliphatic rings. The summed E-state index contributed by atoms with van der Waals surface area (Å²) in [5.74, 6) is -0.677. The van der Waals surface area contributed by atoms with Gasteiger partial charge in [-0.15, -0.1) is 0 Å². The van der Waals surface area contributed by atoms with E-state index < -0.39 is 30.8 Å². The molecule has 6 N–H and O–H groups in total. The SMILES string of the molecule is CC(=O)O.O=C(CCc1ccc(OC[C@H](O)CNCCNC(=O)N2CCOCC2)cc1)OC[C@@H](O)CO. The summed E-state index contributed by atoms with van der Waals surface area (Å²) < 4.78 is 15.6. The van der Waals surface area contributed by atoms with Gasteiger partial charge in [0.2, 0.25) is 0 Å². The molecule has 0 unspecified atom stereocenters. The number of aliphatic hydroxyl groups excluding tert-OH is 3. The molecule has 210 valence electrons. The van der Waals surface area contributed by atoms with Crippen molar-refractivity contribution in [1.82, 2.24) is 15.5 Å². The number of aliphatic hydroxyl groups is 3. The van der Waals surface area contributed by atoms with Gasteiger partial charge in [0.05, 0.1) is 19.8 Å². The molecule has 2 atom stereocenters. The van der Waals surface area contributed by atoms with Crippen molar-refractivity contribution in [3.05, 3.63) is 29.8 Å². The summed E-state index contributed by atoms with van der Waals surface area (Å²) >= 11 is 0. The van der Waals surface area contributed by atoms with Gasteiger partial charge >= 0.3 is 12.0 Å². The molecule has 0 aromatic heterocycles. The number of carboxylic acids is 1. The lowest BCUT2D eigenvalue weighted by atomic mass is 10.1. The maximum Gasteiger partial charge on any atom is 0.317 e. The summed E-state index contributed by atoms with van der Waals surface area (Å²) in [7, 11) is 0. The Hall–Kier alpha value is -2.97. The summed E-state index contributed by atoms with van der Waals surface area (Å²) in [5, 5.41) is 41.2. The van der Waals surface area contributed by atoms with Crippen molar-refractivity contribution in [2.45, 2.75) is 32.0 Å². The van der Waals surface area contributed by atoms with Crippen LogP contribution in [-0.4, -0.2) is 121 Å². The van der Waals surface area contributed by atoms with Gasteiger partial charge in [0.25, 0.3) is 5.97 Å². The zero-order chi connectivity index (χ0) is 27.5. The normalized spacial score (nSPS) is 14.5. The predicted octanol–water partition coefficient (Wildman–Crippen LogP) is -1.02. The number of carbonyl (C=O) groups excluding carboxylic acids is 2. The van der Waals surface area contributed by atoms with Gasteiger partial charge in [-0.05, 0) is 24.1 Å². The van der Waals surface area contributed by atoms with E-state index in [0.717, 1.165) is 12.5 Å². The van der Waals surface area contributed by atoms with E-state index >= 15 is 0 Å². The molecule has 1 aromatic carbocycles. The molecule has 0 saturated carbocycles. The fourth-order valence-electron chi connectivity index (χ4n) is 2.97. The lowest BCUT2D eigenvalue weighted by Gasteiger charge is -2.27. The molecule has 1 aliphatic heterocycles. The van der Waals surface area contributed by atoms with E-state index in [4.69, 9.17) is 34.3 Å². The number of urea groups is 1. The second-order valence-electron chi connectivity index (χ2n) is 8.18. The largest absolute Gasteiger partial charge is 0.491 e. The van der Waals surface area contributed by atoms with Gasteiger partial charge in [-0.1, -0.05) is 12.1 Å². The number of aliphatic carboxylic acids is 1. The van der Waals surface area contributed by atoms with Crippen molar-refractivity contribution >= 4 is 18.0 Å². The number of carbonyl (C=O) groups is 3. The van der Waals surface area contributed by atoms with Gasteiger partial charge in [-0.2, -0.15) is 0 Å². The summed E-state index contributed by atoms with van der Waals surface area (Å²) in [6.45, 7) is 4.17. The van der Waals surface area contributed by atoms with Crippen LogP contribution in [0.3, 0.4) is 0 Å². The van der Waals surface area contributed by atoms with Gasteiger partial charge in [0, 0.05) is 46.1 Å². The maximum atomic E-state index is 11.9. The van der Waals surface area contributed by atoms with Gasteiger partial charge in [-0.3, -0.25) is 9.59 Å². The number of carboxylic acid groups (broad SMARTS) is 1. The fraction of sp³-hybridized carbons (Fsp3) is 0.625. The van der Waals surface area contributed by atoms with Crippen molar-refractivity contribution in [2.75, 3.05) is 65.8 Å². The van der Waals surface area contributed by atoms with Crippen LogP contribution >= 0.6 is 0 Å². The number of ether oxygens (including phenoxy) is 3. The molecule has 37 heavy (non-hydrogen) atoms. The number of hydrogen-bond donors (Lipinski definition) is 6. The highest BCUT2D eigenvalue weighted by atomic mass is 16.5. The van der Waals surface area contributed by atoms with E-state index in [-0.39, 0.29) is 25.7 Å². The number of nitrogens with zero attached hydrogens (tertiary/aromatic N) is 1. The van der Waals surface area contributed by atoms with Crippen molar-refractivity contribution in [3.63, 3.8) is 0 Å². The first kappa shape index (κ1) is 32.1. The number of nitrogens with one attached hydrogen (secondary N) is 2. The second-order valence-corrected chi connectivity index (χ2v) is 8.18. The first-order chi connectivity index (χ1) is 17.7. The average Bonchev–Trinajstić information content (AvgIpc) is 2.89. The van der Waals surface area contributed by atoms with Gasteiger partial charge in [0.1, 0.15) is 31.2 Å². The third kappa shape index (κ3) is 16.4. The van der Waals surface area contributed by atoms with Gasteiger partial charge < -0.3 is 50.2 Å². The van der Waals surface area contributed by atoms with Gasteiger partial charge in [0.15, 0.2) is 0 Å². The molecule has 13 nitrogen and oxygen atoms in total. The van der Waals surface area contributed by atoms with Crippen LogP contribution in [0.15, 0.2) is 24.3 Å². The average molecular weight is 530 g/mol. The molecule has 2 amide bonds. The Kier molecular flexibility index (Phi) is 16.6. The minimum atomic E-state index is -1.06. The standard InChI is InChI=1S/C22H35N3O8.C2H4O2/c26-14-19(28)16-33-21(29)6-3-17-1-4-20(5-2-17)32-15-18(27)13-23-7-8-24-22(30)25-9-11-31-12-10-25;1-2(3)4/h1-2,4-5,18-19,23,26-28H,3,6-16H2,(H,24,30);1H3,(H,3,4)/t18-,19+;/m1./s1. The highest BCUT2D eigenvalue weighted by molar-refractivity contribution is 5.74. The maximum absolute atomic E-state index is 11.9. The molecule has 0 spiro atoms. The van der Waals surface area contributed by atoms with E-state index in [0.29, 0.717) is 58.1 Å². The second kappa shape index (κ2) is 19.2. The van der Waals surface area contributed by atoms with Gasteiger partial charge in [-0.25, -0.2) is 4.79 Å². The van der Waals surface area contributed by atoms with Crippen LogP contribution in [0.5, 0.6) is 5.75 Å². The highest BCUT2D eigenvalue weighted by Crippen LogP contribution is 2.14. The van der Waals surface area contributed by atoms with Crippen LogP contribution in [-0.2, 0) is 25.5 Å². The Balaban J connectivity index is 0.00000159. The number of amides is 2. The van der Waals surface area contributed by atoms with Crippen LogP contribution in [0.4, 0.5) is 4.79 Å². The van der Waals surface area contributed by atoms with Crippen LogP contribution in [0.1, 0.15) is 18.9 Å². The highest BCUT2D eigenvalue weighted by Gasteiger charge is 2.15. The third-order valence-corrected chi connectivity index (χ3v) is 4.89. The minimum Gasteiger partial charge on any atom is -0.491 e. The Labute approximate surface area is 216 Å². The smallest absolute Gasteiger partial charge is 0.317 e. The quantitative estimate of drug-likeness (QED) is 0.128. The molecule has 2 rings (SSSR count). The number of aryl methyl sites for hydroxylation is 1. The van der Waals surface area contributed by atoms with Crippen molar-refractivity contribution in [3.8, 4) is 5.75 Å². The molecule has 1 heterocycles. The van der Waals surface area contributed by atoms with Crippen molar-refractivity contribution in [1.29, 1.82) is 0 Å². The summed E-state index contributed by atoms with van der Waals surface area (Å²) in [4.78, 5) is 34.3.